The van der Waals surface area contributed by atoms with Crippen LogP contribution in [0, 0.1) is 5.82 Å². The molecule has 0 aromatic heterocycles. The van der Waals surface area contributed by atoms with E-state index in [1.807, 2.05) is 0 Å². The summed E-state index contributed by atoms with van der Waals surface area (Å²) in [4.78, 5) is 13.4. The molecular formula is C12H17FN4O2. The average molecular weight is 268 g/mol. The molecule has 0 saturated heterocycles. The number of anilines is 1. The van der Waals surface area contributed by atoms with Crippen molar-refractivity contribution in [2.75, 3.05) is 11.9 Å². The van der Waals surface area contributed by atoms with Gasteiger partial charge in [-0.25, -0.2) is 9.18 Å². The Kier molecular flexibility index (Phi) is 5.11. The van der Waals surface area contributed by atoms with Crippen LogP contribution in [0.3, 0.4) is 0 Å². The number of carbonyl (C=O) groups is 1. The van der Waals surface area contributed by atoms with Crippen LogP contribution in [0.1, 0.15) is 13.8 Å². The van der Waals surface area contributed by atoms with Gasteiger partial charge in [-0.3, -0.25) is 0 Å². The Balaban J connectivity index is 2.78. The summed E-state index contributed by atoms with van der Waals surface area (Å²) in [6, 6.07) is 4.95. The maximum Gasteiger partial charge on any atom is 0.322 e. The topological polar surface area (TPSA) is 90.9 Å². The summed E-state index contributed by atoms with van der Waals surface area (Å²) in [5.41, 5.74) is 5.73. The second-order valence-electron chi connectivity index (χ2n) is 4.25. The Morgan fingerprint density at radius 3 is 2.79 bits per heavy atom. The van der Waals surface area contributed by atoms with Crippen LogP contribution < -0.4 is 11.1 Å². The molecule has 1 aromatic carbocycles. The summed E-state index contributed by atoms with van der Waals surface area (Å²) < 4.78 is 13.0. The molecule has 0 atom stereocenters. The third kappa shape index (κ3) is 4.46. The van der Waals surface area contributed by atoms with E-state index in [-0.39, 0.29) is 18.4 Å². The largest absolute Gasteiger partial charge is 0.409 e. The number of nitrogens with one attached hydrogen (secondary N) is 1. The van der Waals surface area contributed by atoms with Gasteiger partial charge in [0.05, 0.1) is 6.54 Å². The van der Waals surface area contributed by atoms with E-state index in [1.165, 1.54) is 23.1 Å². The van der Waals surface area contributed by atoms with Crippen molar-refractivity contribution in [3.05, 3.63) is 30.1 Å². The standard InChI is InChI=1S/C12H17FN4O2/c1-8(2)17(7-11(14)16-19)12(18)15-10-5-3-4-9(13)6-10/h3-6,8,19H,7H2,1-2H3,(H2,14,16)(H,15,18). The van der Waals surface area contributed by atoms with Crippen molar-refractivity contribution in [1.29, 1.82) is 0 Å². The van der Waals surface area contributed by atoms with E-state index in [4.69, 9.17) is 10.9 Å². The van der Waals surface area contributed by atoms with E-state index >= 15 is 0 Å². The van der Waals surface area contributed by atoms with E-state index in [0.717, 1.165) is 0 Å². The minimum Gasteiger partial charge on any atom is -0.409 e. The lowest BCUT2D eigenvalue weighted by atomic mass is 10.3. The van der Waals surface area contributed by atoms with Crippen molar-refractivity contribution in [3.8, 4) is 0 Å². The fourth-order valence-electron chi connectivity index (χ4n) is 1.46. The molecule has 104 valence electrons. The Morgan fingerprint density at radius 1 is 1.58 bits per heavy atom. The number of benzene rings is 1. The SMILES string of the molecule is CC(C)N(CC(N)=NO)C(=O)Nc1cccc(F)c1. The second-order valence-corrected chi connectivity index (χ2v) is 4.25. The molecule has 0 radical (unpaired) electrons. The molecule has 2 amide bonds. The van der Waals surface area contributed by atoms with Crippen molar-refractivity contribution in [1.82, 2.24) is 4.90 Å². The molecule has 0 unspecified atom stereocenters. The fraction of sp³-hybridized carbons (Fsp3) is 0.333. The first kappa shape index (κ1) is 14.7. The van der Waals surface area contributed by atoms with Gasteiger partial charge in [-0.15, -0.1) is 0 Å². The maximum atomic E-state index is 13.0. The van der Waals surface area contributed by atoms with Gasteiger partial charge in [0.1, 0.15) is 5.82 Å². The number of hydrogen-bond acceptors (Lipinski definition) is 3. The number of oxime groups is 1. The third-order valence-corrected chi connectivity index (χ3v) is 2.42. The van der Waals surface area contributed by atoms with Crippen molar-refractivity contribution in [3.63, 3.8) is 0 Å². The molecule has 4 N–H and O–H groups in total. The summed E-state index contributed by atoms with van der Waals surface area (Å²) >= 11 is 0. The van der Waals surface area contributed by atoms with Crippen LogP contribution >= 0.6 is 0 Å². The summed E-state index contributed by atoms with van der Waals surface area (Å²) in [5, 5.41) is 13.9. The number of nitrogens with zero attached hydrogens (tertiary/aromatic N) is 2. The number of carbonyl (C=O) groups excluding carboxylic acids is 1. The maximum absolute atomic E-state index is 13.0. The monoisotopic (exact) mass is 268 g/mol. The van der Waals surface area contributed by atoms with Gasteiger partial charge in [-0.05, 0) is 32.0 Å². The van der Waals surface area contributed by atoms with Gasteiger partial charge in [0.25, 0.3) is 0 Å². The zero-order valence-corrected chi connectivity index (χ0v) is 10.8. The molecule has 0 spiro atoms. The predicted octanol–water partition coefficient (Wildman–Crippen LogP) is 1.81. The highest BCUT2D eigenvalue weighted by Crippen LogP contribution is 2.11. The van der Waals surface area contributed by atoms with Gasteiger partial charge in [-0.1, -0.05) is 11.2 Å². The van der Waals surface area contributed by atoms with E-state index in [1.54, 1.807) is 19.9 Å². The molecule has 0 bridgehead atoms. The summed E-state index contributed by atoms with van der Waals surface area (Å²) in [6.45, 7) is 3.56. The first-order valence-electron chi connectivity index (χ1n) is 5.73. The Hall–Kier alpha value is -2.31. The fourth-order valence-corrected chi connectivity index (χ4v) is 1.46. The minimum absolute atomic E-state index is 0.0185. The normalized spacial score (nSPS) is 11.5. The molecule has 6 nitrogen and oxygen atoms in total. The quantitative estimate of drug-likeness (QED) is 0.336. The molecule has 0 aliphatic carbocycles. The van der Waals surface area contributed by atoms with E-state index in [2.05, 4.69) is 10.5 Å². The van der Waals surface area contributed by atoms with Gasteiger partial charge in [0, 0.05) is 11.7 Å². The molecule has 1 aromatic rings. The minimum atomic E-state index is -0.452. The lowest BCUT2D eigenvalue weighted by Gasteiger charge is -2.26. The summed E-state index contributed by atoms with van der Waals surface area (Å²) in [7, 11) is 0. The van der Waals surface area contributed by atoms with E-state index in [0.29, 0.717) is 5.69 Å². The summed E-state index contributed by atoms with van der Waals surface area (Å²) in [5.74, 6) is -0.520. The molecule has 0 fully saturated rings. The Morgan fingerprint density at radius 2 is 2.26 bits per heavy atom. The molecule has 1 rings (SSSR count). The van der Waals surface area contributed by atoms with Crippen LogP contribution in [0.5, 0.6) is 0 Å². The second kappa shape index (κ2) is 6.58. The van der Waals surface area contributed by atoms with Crippen LogP contribution in [0.15, 0.2) is 29.4 Å². The van der Waals surface area contributed by atoms with Crippen molar-refractivity contribution in [2.24, 2.45) is 10.9 Å². The number of rotatable bonds is 4. The van der Waals surface area contributed by atoms with Gasteiger partial charge in [0.15, 0.2) is 5.84 Å². The summed E-state index contributed by atoms with van der Waals surface area (Å²) in [6.07, 6.45) is 0. The van der Waals surface area contributed by atoms with Gasteiger partial charge in [-0.2, -0.15) is 0 Å². The zero-order chi connectivity index (χ0) is 14.4. The highest BCUT2D eigenvalue weighted by Gasteiger charge is 2.18. The third-order valence-electron chi connectivity index (χ3n) is 2.42. The zero-order valence-electron chi connectivity index (χ0n) is 10.8. The predicted molar refractivity (Wildman–Crippen MR) is 70.7 cm³/mol. The number of nitrogens with two attached hydrogens (primary N) is 1. The van der Waals surface area contributed by atoms with Gasteiger partial charge >= 0.3 is 6.03 Å². The Labute approximate surface area is 110 Å². The number of amidine groups is 1. The molecular weight excluding hydrogens is 251 g/mol. The number of urea groups is 1. The van der Waals surface area contributed by atoms with Crippen molar-refractivity contribution in [2.45, 2.75) is 19.9 Å². The van der Waals surface area contributed by atoms with Crippen molar-refractivity contribution < 1.29 is 14.4 Å². The van der Waals surface area contributed by atoms with Crippen LogP contribution in [-0.2, 0) is 0 Å². The smallest absolute Gasteiger partial charge is 0.322 e. The lowest BCUT2D eigenvalue weighted by molar-refractivity contribution is 0.205. The highest BCUT2D eigenvalue weighted by molar-refractivity contribution is 5.93. The molecule has 7 heteroatoms. The number of halogens is 1. The molecule has 0 aliphatic rings. The van der Waals surface area contributed by atoms with Gasteiger partial charge < -0.3 is 21.2 Å². The average Bonchev–Trinajstić information content (AvgIpc) is 2.35. The van der Waals surface area contributed by atoms with Crippen LogP contribution in [0.2, 0.25) is 0 Å². The molecule has 0 heterocycles. The van der Waals surface area contributed by atoms with Crippen molar-refractivity contribution >= 4 is 17.6 Å². The number of amides is 2. The molecule has 0 aliphatic heterocycles. The van der Waals surface area contributed by atoms with Crippen LogP contribution in [0.25, 0.3) is 0 Å². The number of hydrogen-bond donors (Lipinski definition) is 3. The van der Waals surface area contributed by atoms with Crippen LogP contribution in [0.4, 0.5) is 14.9 Å². The lowest BCUT2D eigenvalue weighted by Crippen LogP contribution is -2.45. The molecule has 0 saturated carbocycles. The van der Waals surface area contributed by atoms with E-state index < -0.39 is 11.8 Å². The van der Waals surface area contributed by atoms with Crippen LogP contribution in [-0.4, -0.2) is 34.6 Å². The molecule has 19 heavy (non-hydrogen) atoms. The van der Waals surface area contributed by atoms with E-state index in [9.17, 15) is 9.18 Å². The first-order valence-corrected chi connectivity index (χ1v) is 5.73. The van der Waals surface area contributed by atoms with Gasteiger partial charge in [0.2, 0.25) is 0 Å². The first-order chi connectivity index (χ1) is 8.93. The Bertz CT molecular complexity index is 477. The highest BCUT2D eigenvalue weighted by atomic mass is 19.1.